The van der Waals surface area contributed by atoms with Gasteiger partial charge in [0.2, 0.25) is 0 Å². The van der Waals surface area contributed by atoms with Gasteiger partial charge in [0.1, 0.15) is 5.82 Å². The molecule has 0 unspecified atom stereocenters. The van der Waals surface area contributed by atoms with Crippen molar-refractivity contribution in [2.45, 2.75) is 13.0 Å². The van der Waals surface area contributed by atoms with E-state index in [1.165, 1.54) is 5.56 Å². The Morgan fingerprint density at radius 3 is 3.05 bits per heavy atom. The van der Waals surface area contributed by atoms with Crippen molar-refractivity contribution in [1.82, 2.24) is 24.5 Å². The average molecular weight is 255 g/mol. The predicted octanol–water partition coefficient (Wildman–Crippen LogP) is 1.40. The van der Waals surface area contributed by atoms with Crippen molar-refractivity contribution in [1.29, 1.82) is 0 Å². The number of nitrogens with one attached hydrogen (secondary N) is 1. The molecule has 0 aromatic carbocycles. The molecule has 0 fully saturated rings. The van der Waals surface area contributed by atoms with Crippen molar-refractivity contribution in [2.24, 2.45) is 7.05 Å². The van der Waals surface area contributed by atoms with E-state index < -0.39 is 0 Å². The second kappa shape index (κ2) is 5.24. The zero-order valence-corrected chi connectivity index (χ0v) is 11.0. The van der Waals surface area contributed by atoms with Crippen molar-refractivity contribution in [3.05, 3.63) is 54.4 Å². The molecule has 0 saturated heterocycles. The highest BCUT2D eigenvalue weighted by Crippen LogP contribution is 2.09. The lowest BCUT2D eigenvalue weighted by molar-refractivity contribution is 0.657. The number of aryl methyl sites for hydroxylation is 1. The number of imidazole rings is 1. The fourth-order valence-electron chi connectivity index (χ4n) is 2.18. The van der Waals surface area contributed by atoms with Gasteiger partial charge in [-0.15, -0.1) is 0 Å². The standard InChI is InChI=1S/C14H17N5/c1-18-9-7-16-14(18)5-6-15-10-12-11-17-19-8-3-2-4-13(12)19/h2-4,7-9,11,15H,5-6,10H2,1H3. The third kappa shape index (κ3) is 2.51. The van der Waals surface area contributed by atoms with Crippen molar-refractivity contribution in [3.63, 3.8) is 0 Å². The molecular formula is C14H17N5. The van der Waals surface area contributed by atoms with E-state index in [4.69, 9.17) is 0 Å². The summed E-state index contributed by atoms with van der Waals surface area (Å²) in [7, 11) is 2.02. The highest BCUT2D eigenvalue weighted by molar-refractivity contribution is 5.53. The molecule has 98 valence electrons. The smallest absolute Gasteiger partial charge is 0.109 e. The number of nitrogens with zero attached hydrogens (tertiary/aromatic N) is 4. The van der Waals surface area contributed by atoms with E-state index >= 15 is 0 Å². The summed E-state index contributed by atoms with van der Waals surface area (Å²) >= 11 is 0. The Labute approximate surface area is 111 Å². The van der Waals surface area contributed by atoms with Crippen LogP contribution in [0.25, 0.3) is 5.52 Å². The highest BCUT2D eigenvalue weighted by atomic mass is 15.2. The van der Waals surface area contributed by atoms with Gasteiger partial charge in [-0.3, -0.25) is 0 Å². The summed E-state index contributed by atoms with van der Waals surface area (Å²) in [4.78, 5) is 4.31. The van der Waals surface area contributed by atoms with Crippen LogP contribution >= 0.6 is 0 Å². The topological polar surface area (TPSA) is 47.2 Å². The first-order valence-corrected chi connectivity index (χ1v) is 6.43. The third-order valence-electron chi connectivity index (χ3n) is 3.27. The van der Waals surface area contributed by atoms with Gasteiger partial charge in [-0.25, -0.2) is 9.50 Å². The van der Waals surface area contributed by atoms with E-state index in [9.17, 15) is 0 Å². The van der Waals surface area contributed by atoms with Crippen molar-refractivity contribution >= 4 is 5.52 Å². The van der Waals surface area contributed by atoms with Crippen molar-refractivity contribution in [2.75, 3.05) is 6.54 Å². The van der Waals surface area contributed by atoms with Gasteiger partial charge in [0.25, 0.3) is 0 Å². The van der Waals surface area contributed by atoms with Crippen LogP contribution in [-0.4, -0.2) is 25.7 Å². The maximum absolute atomic E-state index is 4.32. The van der Waals surface area contributed by atoms with Crippen LogP contribution < -0.4 is 5.32 Å². The van der Waals surface area contributed by atoms with Crippen LogP contribution in [0.15, 0.2) is 43.0 Å². The summed E-state index contributed by atoms with van der Waals surface area (Å²) < 4.78 is 3.95. The molecule has 0 aliphatic heterocycles. The molecule has 0 aliphatic carbocycles. The number of fused-ring (bicyclic) bond motifs is 1. The first kappa shape index (κ1) is 11.9. The predicted molar refractivity (Wildman–Crippen MR) is 73.8 cm³/mol. The fraction of sp³-hybridized carbons (Fsp3) is 0.286. The third-order valence-corrected chi connectivity index (χ3v) is 3.27. The maximum atomic E-state index is 4.32. The maximum Gasteiger partial charge on any atom is 0.109 e. The average Bonchev–Trinajstić information content (AvgIpc) is 3.02. The molecule has 5 heteroatoms. The normalized spacial score (nSPS) is 11.2. The zero-order valence-electron chi connectivity index (χ0n) is 11.0. The van der Waals surface area contributed by atoms with Crippen LogP contribution in [0, 0.1) is 0 Å². The lowest BCUT2D eigenvalue weighted by Crippen LogP contribution is -2.18. The molecule has 0 aliphatic rings. The Kier molecular flexibility index (Phi) is 3.29. The summed E-state index contributed by atoms with van der Waals surface area (Å²) in [5, 5.41) is 7.76. The fourth-order valence-corrected chi connectivity index (χ4v) is 2.18. The molecule has 0 atom stereocenters. The van der Waals surface area contributed by atoms with Crippen LogP contribution in [0.2, 0.25) is 0 Å². The summed E-state index contributed by atoms with van der Waals surface area (Å²) in [5.74, 6) is 1.10. The first-order valence-electron chi connectivity index (χ1n) is 6.43. The van der Waals surface area contributed by atoms with E-state index in [2.05, 4.69) is 26.0 Å². The van der Waals surface area contributed by atoms with Gasteiger partial charge in [0, 0.05) is 50.7 Å². The molecule has 3 aromatic rings. The molecule has 0 radical (unpaired) electrons. The quantitative estimate of drug-likeness (QED) is 0.701. The van der Waals surface area contributed by atoms with E-state index in [-0.39, 0.29) is 0 Å². The number of rotatable bonds is 5. The Balaban J connectivity index is 1.57. The summed E-state index contributed by atoms with van der Waals surface area (Å²) in [6.45, 7) is 1.74. The summed E-state index contributed by atoms with van der Waals surface area (Å²) in [6.07, 6.45) is 8.62. The summed E-state index contributed by atoms with van der Waals surface area (Å²) in [6, 6.07) is 6.11. The molecule has 0 amide bonds. The first-order chi connectivity index (χ1) is 9.34. The summed E-state index contributed by atoms with van der Waals surface area (Å²) in [5.41, 5.74) is 2.38. The molecule has 0 saturated carbocycles. The van der Waals surface area contributed by atoms with Gasteiger partial charge in [0.15, 0.2) is 0 Å². The Morgan fingerprint density at radius 1 is 1.26 bits per heavy atom. The lowest BCUT2D eigenvalue weighted by atomic mass is 10.2. The molecule has 3 rings (SSSR count). The molecule has 0 bridgehead atoms. The van der Waals surface area contributed by atoms with Gasteiger partial charge < -0.3 is 9.88 Å². The van der Waals surface area contributed by atoms with Gasteiger partial charge in [-0.05, 0) is 12.1 Å². The second-order valence-corrected chi connectivity index (χ2v) is 4.58. The van der Waals surface area contributed by atoms with Crippen LogP contribution in [0.5, 0.6) is 0 Å². The molecular weight excluding hydrogens is 238 g/mol. The van der Waals surface area contributed by atoms with Gasteiger partial charge in [0.05, 0.1) is 11.7 Å². The van der Waals surface area contributed by atoms with Crippen molar-refractivity contribution in [3.8, 4) is 0 Å². The SMILES string of the molecule is Cn1ccnc1CCNCc1cnn2ccccc12. The monoisotopic (exact) mass is 255 g/mol. The molecule has 1 N–H and O–H groups in total. The Bertz CT molecular complexity index is 667. The minimum absolute atomic E-state index is 0.831. The molecule has 3 heterocycles. The largest absolute Gasteiger partial charge is 0.338 e. The lowest BCUT2D eigenvalue weighted by Gasteiger charge is -2.04. The van der Waals surface area contributed by atoms with Crippen LogP contribution in [0.3, 0.4) is 0 Å². The Hall–Kier alpha value is -2.14. The van der Waals surface area contributed by atoms with Crippen LogP contribution in [-0.2, 0) is 20.0 Å². The number of pyridine rings is 1. The van der Waals surface area contributed by atoms with Crippen LogP contribution in [0.4, 0.5) is 0 Å². The molecule has 5 nitrogen and oxygen atoms in total. The molecule has 3 aromatic heterocycles. The Morgan fingerprint density at radius 2 is 2.21 bits per heavy atom. The van der Waals surface area contributed by atoms with Gasteiger partial charge in [-0.2, -0.15) is 5.10 Å². The van der Waals surface area contributed by atoms with Crippen LogP contribution in [0.1, 0.15) is 11.4 Å². The van der Waals surface area contributed by atoms with Gasteiger partial charge >= 0.3 is 0 Å². The van der Waals surface area contributed by atoms with Crippen molar-refractivity contribution < 1.29 is 0 Å². The van der Waals surface area contributed by atoms with E-state index in [1.807, 2.05) is 48.5 Å². The minimum atomic E-state index is 0.831. The number of hydrogen-bond acceptors (Lipinski definition) is 3. The highest BCUT2D eigenvalue weighted by Gasteiger charge is 2.03. The van der Waals surface area contributed by atoms with E-state index in [0.29, 0.717) is 0 Å². The minimum Gasteiger partial charge on any atom is -0.338 e. The number of aromatic nitrogens is 4. The van der Waals surface area contributed by atoms with Gasteiger partial charge in [-0.1, -0.05) is 6.07 Å². The molecule has 0 spiro atoms. The zero-order chi connectivity index (χ0) is 13.1. The van der Waals surface area contributed by atoms with E-state index in [1.54, 1.807) is 0 Å². The molecule has 19 heavy (non-hydrogen) atoms. The van der Waals surface area contributed by atoms with E-state index in [0.717, 1.165) is 30.9 Å². The number of hydrogen-bond donors (Lipinski definition) is 1. The second-order valence-electron chi connectivity index (χ2n) is 4.58.